The smallest absolute Gasteiger partial charge is 0.221 e. The van der Waals surface area contributed by atoms with E-state index in [1.54, 1.807) is 30.4 Å². The third kappa shape index (κ3) is 44.0. The number of allylic oxidation sites excluding steroid dienone is 5. The van der Waals surface area contributed by atoms with Gasteiger partial charge >= 0.3 is 0 Å². The van der Waals surface area contributed by atoms with E-state index in [0.29, 0.717) is 5.70 Å². The highest BCUT2D eigenvalue weighted by Crippen LogP contribution is 1.92. The SMILES string of the molecule is C=C/C=C\C(=C/C=C)NC(C)=O.CC.CC.CC.CC. The molecule has 0 rings (SSSR count). The van der Waals surface area contributed by atoms with Gasteiger partial charge in [0.05, 0.1) is 0 Å². The Bertz CT molecular complexity index is 238. The quantitative estimate of drug-likeness (QED) is 0.626. The molecule has 120 valence electrons. The summed E-state index contributed by atoms with van der Waals surface area (Å²) >= 11 is 0. The summed E-state index contributed by atoms with van der Waals surface area (Å²) in [5, 5.41) is 2.63. The molecule has 2 nitrogen and oxygen atoms in total. The van der Waals surface area contributed by atoms with Gasteiger partial charge in [-0.05, 0) is 12.2 Å². The van der Waals surface area contributed by atoms with E-state index in [2.05, 4.69) is 18.5 Å². The van der Waals surface area contributed by atoms with Crippen molar-refractivity contribution in [3.05, 3.63) is 49.2 Å². The van der Waals surface area contributed by atoms with E-state index in [4.69, 9.17) is 0 Å². The zero-order valence-electron chi connectivity index (χ0n) is 15.2. The van der Waals surface area contributed by atoms with E-state index in [9.17, 15) is 4.79 Å². The van der Waals surface area contributed by atoms with Crippen LogP contribution in [-0.4, -0.2) is 5.91 Å². The highest BCUT2D eigenvalue weighted by atomic mass is 16.1. The molecule has 0 fully saturated rings. The lowest BCUT2D eigenvalue weighted by atomic mass is 10.3. The summed E-state index contributed by atoms with van der Waals surface area (Å²) in [5.41, 5.74) is 0.706. The molecule has 0 radical (unpaired) electrons. The van der Waals surface area contributed by atoms with Crippen molar-refractivity contribution in [1.29, 1.82) is 0 Å². The maximum atomic E-state index is 10.6. The minimum atomic E-state index is -0.100. The molecule has 2 heteroatoms. The first-order valence-corrected chi connectivity index (χ1v) is 7.60. The number of carbonyl (C=O) groups is 1. The highest BCUT2D eigenvalue weighted by molar-refractivity contribution is 5.75. The number of rotatable bonds is 4. The van der Waals surface area contributed by atoms with Gasteiger partial charge in [0, 0.05) is 12.6 Å². The molecule has 1 amide bonds. The Morgan fingerprint density at radius 3 is 1.50 bits per heavy atom. The Morgan fingerprint density at radius 1 is 0.850 bits per heavy atom. The van der Waals surface area contributed by atoms with Crippen LogP contribution in [0.2, 0.25) is 0 Å². The monoisotopic (exact) mass is 283 g/mol. The molecule has 0 aliphatic carbocycles. The van der Waals surface area contributed by atoms with Crippen molar-refractivity contribution in [2.75, 3.05) is 0 Å². The fourth-order valence-corrected chi connectivity index (χ4v) is 0.641. The van der Waals surface area contributed by atoms with E-state index in [1.165, 1.54) is 6.92 Å². The Kier molecular flexibility index (Phi) is 67.1. The lowest BCUT2D eigenvalue weighted by Gasteiger charge is -1.99. The van der Waals surface area contributed by atoms with E-state index in [0.717, 1.165) is 0 Å². The van der Waals surface area contributed by atoms with E-state index >= 15 is 0 Å². The standard InChI is InChI=1S/C10H13NO.4C2H6/c1-4-6-8-10(7-5-2)11-9(3)12;4*1-2/h4-8H,1-2H2,3H3,(H,11,12);4*1-2H3/b8-6-,10-7+;;;;. The molecule has 0 atom stereocenters. The van der Waals surface area contributed by atoms with Gasteiger partial charge in [-0.3, -0.25) is 4.79 Å². The maximum Gasteiger partial charge on any atom is 0.221 e. The van der Waals surface area contributed by atoms with E-state index in [-0.39, 0.29) is 5.91 Å². The van der Waals surface area contributed by atoms with Crippen LogP contribution in [0.4, 0.5) is 0 Å². The third-order valence-electron chi connectivity index (χ3n) is 1.03. The number of carbonyl (C=O) groups excluding carboxylic acids is 1. The van der Waals surface area contributed by atoms with Crippen molar-refractivity contribution in [3.63, 3.8) is 0 Å². The second kappa shape index (κ2) is 43.3. The summed E-state index contributed by atoms with van der Waals surface area (Å²) in [6, 6.07) is 0. The summed E-state index contributed by atoms with van der Waals surface area (Å²) in [6.45, 7) is 24.5. The molecule has 20 heavy (non-hydrogen) atoms. The summed E-state index contributed by atoms with van der Waals surface area (Å²) in [4.78, 5) is 10.6. The molecule has 0 aliphatic heterocycles. The Hall–Kier alpha value is -1.57. The Balaban J connectivity index is -0.0000000799. The van der Waals surface area contributed by atoms with Gasteiger partial charge in [0.2, 0.25) is 5.91 Å². The summed E-state index contributed by atoms with van der Waals surface area (Å²) in [7, 11) is 0. The summed E-state index contributed by atoms with van der Waals surface area (Å²) in [6.07, 6.45) is 8.44. The van der Waals surface area contributed by atoms with Crippen LogP contribution >= 0.6 is 0 Å². The van der Waals surface area contributed by atoms with E-state index in [1.807, 2.05) is 55.4 Å². The molecule has 1 N–H and O–H groups in total. The molecule has 0 aliphatic rings. The van der Waals surface area contributed by atoms with Gasteiger partial charge in [-0.25, -0.2) is 0 Å². The molecule has 0 saturated heterocycles. The van der Waals surface area contributed by atoms with Crippen molar-refractivity contribution in [2.45, 2.75) is 62.3 Å². The molecular formula is C18H37NO. The number of amides is 1. The lowest BCUT2D eigenvalue weighted by Crippen LogP contribution is -2.17. The van der Waals surface area contributed by atoms with Crippen molar-refractivity contribution in [2.24, 2.45) is 0 Å². The van der Waals surface area contributed by atoms with Gasteiger partial charge < -0.3 is 5.32 Å². The van der Waals surface area contributed by atoms with Gasteiger partial charge in [-0.15, -0.1) is 0 Å². The highest BCUT2D eigenvalue weighted by Gasteiger charge is 1.91. The normalized spacial score (nSPS) is 7.95. The molecular weight excluding hydrogens is 246 g/mol. The van der Waals surface area contributed by atoms with Crippen molar-refractivity contribution in [3.8, 4) is 0 Å². The van der Waals surface area contributed by atoms with Crippen molar-refractivity contribution >= 4 is 5.91 Å². The molecule has 0 aromatic rings. The van der Waals surface area contributed by atoms with Crippen LogP contribution in [0, 0.1) is 0 Å². The fourth-order valence-electron chi connectivity index (χ4n) is 0.641. The van der Waals surface area contributed by atoms with Crippen molar-refractivity contribution < 1.29 is 4.79 Å². The van der Waals surface area contributed by atoms with Gasteiger partial charge in [0.25, 0.3) is 0 Å². The molecule has 0 saturated carbocycles. The predicted octanol–water partition coefficient (Wildman–Crippen LogP) is 6.04. The zero-order valence-corrected chi connectivity index (χ0v) is 15.2. The fraction of sp³-hybridized carbons (Fsp3) is 0.500. The van der Waals surface area contributed by atoms with Crippen LogP contribution < -0.4 is 5.32 Å². The van der Waals surface area contributed by atoms with Crippen LogP contribution in [0.1, 0.15) is 62.3 Å². The predicted molar refractivity (Wildman–Crippen MR) is 96.8 cm³/mol. The van der Waals surface area contributed by atoms with Crippen LogP contribution in [0.3, 0.4) is 0 Å². The number of hydrogen-bond donors (Lipinski definition) is 1. The molecule has 0 bridgehead atoms. The third-order valence-corrected chi connectivity index (χ3v) is 1.03. The van der Waals surface area contributed by atoms with Crippen LogP contribution in [-0.2, 0) is 4.79 Å². The summed E-state index contributed by atoms with van der Waals surface area (Å²) in [5.74, 6) is -0.100. The molecule has 0 aromatic carbocycles. The van der Waals surface area contributed by atoms with Gasteiger partial charge in [0.1, 0.15) is 0 Å². The average Bonchev–Trinajstić information content (AvgIpc) is 2.52. The zero-order chi connectivity index (χ0) is 17.4. The van der Waals surface area contributed by atoms with Crippen molar-refractivity contribution in [1.82, 2.24) is 5.32 Å². The number of nitrogens with one attached hydrogen (secondary N) is 1. The Labute approximate surface area is 128 Å². The topological polar surface area (TPSA) is 29.1 Å². The molecule has 0 heterocycles. The van der Waals surface area contributed by atoms with Gasteiger partial charge in [-0.2, -0.15) is 0 Å². The van der Waals surface area contributed by atoms with Gasteiger partial charge in [0.15, 0.2) is 0 Å². The molecule has 0 unspecified atom stereocenters. The second-order valence-corrected chi connectivity index (χ2v) is 2.13. The molecule has 0 aromatic heterocycles. The van der Waals surface area contributed by atoms with Crippen LogP contribution in [0.25, 0.3) is 0 Å². The van der Waals surface area contributed by atoms with Crippen LogP contribution in [0.5, 0.6) is 0 Å². The minimum absolute atomic E-state index is 0.100. The van der Waals surface area contributed by atoms with Crippen LogP contribution in [0.15, 0.2) is 49.2 Å². The average molecular weight is 284 g/mol. The van der Waals surface area contributed by atoms with Gasteiger partial charge in [-0.1, -0.05) is 86.8 Å². The number of hydrogen-bond acceptors (Lipinski definition) is 1. The second-order valence-electron chi connectivity index (χ2n) is 2.13. The van der Waals surface area contributed by atoms with E-state index < -0.39 is 0 Å². The molecule has 0 spiro atoms. The summed E-state index contributed by atoms with van der Waals surface area (Å²) < 4.78 is 0. The largest absolute Gasteiger partial charge is 0.326 e. The Morgan fingerprint density at radius 2 is 1.25 bits per heavy atom. The maximum absolute atomic E-state index is 10.6. The minimum Gasteiger partial charge on any atom is -0.326 e. The first-order chi connectivity index (χ1) is 9.70. The lowest BCUT2D eigenvalue weighted by molar-refractivity contribution is -0.118. The first kappa shape index (κ1) is 31.0. The first-order valence-electron chi connectivity index (χ1n) is 7.60.